The van der Waals surface area contributed by atoms with Crippen LogP contribution in [0.25, 0.3) is 10.2 Å². The Morgan fingerprint density at radius 1 is 0.938 bits per heavy atom. The van der Waals surface area contributed by atoms with Gasteiger partial charge in [-0.05, 0) is 45.7 Å². The van der Waals surface area contributed by atoms with Gasteiger partial charge in [0.15, 0.2) is 5.43 Å². The lowest BCUT2D eigenvalue weighted by Gasteiger charge is -2.09. The first-order chi connectivity index (χ1) is 7.43. The number of fused-ring (bicyclic) bond motifs is 1. The van der Waals surface area contributed by atoms with E-state index in [4.69, 9.17) is 0 Å². The zero-order valence-corrected chi connectivity index (χ0v) is 11.1. The third-order valence-electron chi connectivity index (χ3n) is 3.31. The fourth-order valence-electron chi connectivity index (χ4n) is 1.82. The highest BCUT2D eigenvalue weighted by Gasteiger charge is 2.12. The highest BCUT2D eigenvalue weighted by Crippen LogP contribution is 2.25. The number of pyridine rings is 1. The van der Waals surface area contributed by atoms with E-state index in [1.807, 2.05) is 34.6 Å². The average Bonchev–Trinajstić information content (AvgIpc) is 2.23. The summed E-state index contributed by atoms with van der Waals surface area (Å²) in [7, 11) is 0. The van der Waals surface area contributed by atoms with Crippen molar-refractivity contribution < 1.29 is 0 Å². The van der Waals surface area contributed by atoms with Gasteiger partial charge in [-0.25, -0.2) is 4.98 Å². The number of nitrogens with zero attached hydrogens (tertiary/aromatic N) is 1. The molecule has 0 radical (unpaired) electrons. The van der Waals surface area contributed by atoms with E-state index in [1.165, 1.54) is 0 Å². The molecule has 0 unspecified atom stereocenters. The lowest BCUT2D eigenvalue weighted by atomic mass is 10.1. The van der Waals surface area contributed by atoms with Gasteiger partial charge >= 0.3 is 0 Å². The molecule has 0 aliphatic heterocycles. The largest absolute Gasteiger partial charge is 0.289 e. The Morgan fingerprint density at radius 2 is 1.56 bits per heavy atom. The standard InChI is InChI=1S/C13H15NOS/c1-6-7(2)11-12(15)8(3)10(5)16-13(11)14-9(6)4/h1-5H3. The molecule has 0 aliphatic rings. The summed E-state index contributed by atoms with van der Waals surface area (Å²) in [5, 5.41) is 0.802. The number of rotatable bonds is 0. The summed E-state index contributed by atoms with van der Waals surface area (Å²) in [6.07, 6.45) is 0. The van der Waals surface area contributed by atoms with Crippen molar-refractivity contribution in [2.24, 2.45) is 0 Å². The van der Waals surface area contributed by atoms with E-state index in [0.717, 1.165) is 37.5 Å². The van der Waals surface area contributed by atoms with Crippen LogP contribution < -0.4 is 5.43 Å². The predicted octanol–water partition coefficient (Wildman–Crippen LogP) is 3.20. The lowest BCUT2D eigenvalue weighted by Crippen LogP contribution is -2.10. The molecule has 3 heteroatoms. The smallest absolute Gasteiger partial charge is 0.193 e. The van der Waals surface area contributed by atoms with Crippen molar-refractivity contribution in [3.8, 4) is 0 Å². The van der Waals surface area contributed by atoms with Crippen LogP contribution in [0.15, 0.2) is 4.79 Å². The quantitative estimate of drug-likeness (QED) is 0.699. The Morgan fingerprint density at radius 3 is 2.19 bits per heavy atom. The van der Waals surface area contributed by atoms with Crippen LogP contribution in [0.5, 0.6) is 0 Å². The summed E-state index contributed by atoms with van der Waals surface area (Å²) in [5.41, 5.74) is 4.21. The summed E-state index contributed by atoms with van der Waals surface area (Å²) < 4.78 is 0. The predicted molar refractivity (Wildman–Crippen MR) is 69.6 cm³/mol. The maximum absolute atomic E-state index is 12.2. The van der Waals surface area contributed by atoms with Crippen LogP contribution in [-0.4, -0.2) is 4.98 Å². The van der Waals surface area contributed by atoms with Gasteiger partial charge in [0.25, 0.3) is 0 Å². The van der Waals surface area contributed by atoms with Crippen molar-refractivity contribution in [2.75, 3.05) is 0 Å². The topological polar surface area (TPSA) is 30.0 Å². The van der Waals surface area contributed by atoms with Crippen LogP contribution in [0.4, 0.5) is 0 Å². The van der Waals surface area contributed by atoms with E-state index >= 15 is 0 Å². The molecule has 84 valence electrons. The first-order valence-electron chi connectivity index (χ1n) is 5.31. The number of aromatic nitrogens is 1. The lowest BCUT2D eigenvalue weighted by molar-refractivity contribution is 1.17. The Labute approximate surface area is 99.0 Å². The Kier molecular flexibility index (Phi) is 2.58. The van der Waals surface area contributed by atoms with Crippen LogP contribution >= 0.6 is 11.3 Å². The molecule has 2 aromatic heterocycles. The highest BCUT2D eigenvalue weighted by atomic mass is 32.1. The van der Waals surface area contributed by atoms with Crippen molar-refractivity contribution in [2.45, 2.75) is 34.6 Å². The van der Waals surface area contributed by atoms with Gasteiger partial charge in [0.05, 0.1) is 5.39 Å². The van der Waals surface area contributed by atoms with Gasteiger partial charge in [0, 0.05) is 16.1 Å². The molecule has 0 spiro atoms. The third kappa shape index (κ3) is 1.47. The Hall–Kier alpha value is -1.22. The van der Waals surface area contributed by atoms with Crippen molar-refractivity contribution in [1.29, 1.82) is 0 Å². The molecule has 0 N–H and O–H groups in total. The molecule has 2 heterocycles. The molecule has 2 aromatic rings. The van der Waals surface area contributed by atoms with Crippen LogP contribution in [0.1, 0.15) is 27.3 Å². The van der Waals surface area contributed by atoms with E-state index < -0.39 is 0 Å². The van der Waals surface area contributed by atoms with E-state index in [2.05, 4.69) is 4.98 Å². The van der Waals surface area contributed by atoms with Gasteiger partial charge in [-0.15, -0.1) is 11.3 Å². The van der Waals surface area contributed by atoms with Crippen molar-refractivity contribution >= 4 is 21.6 Å². The molecular weight excluding hydrogens is 218 g/mol. The average molecular weight is 233 g/mol. The van der Waals surface area contributed by atoms with E-state index in [9.17, 15) is 4.79 Å². The fraction of sp³-hybridized carbons (Fsp3) is 0.385. The monoisotopic (exact) mass is 233 g/mol. The maximum Gasteiger partial charge on any atom is 0.193 e. The van der Waals surface area contributed by atoms with Gasteiger partial charge < -0.3 is 0 Å². The molecule has 0 aliphatic carbocycles. The molecular formula is C13H15NOS. The molecule has 0 fully saturated rings. The molecule has 0 aromatic carbocycles. The van der Waals surface area contributed by atoms with Crippen molar-refractivity contribution in [3.05, 3.63) is 37.5 Å². The molecule has 0 amide bonds. The summed E-state index contributed by atoms with van der Waals surface area (Å²) in [6.45, 7) is 9.90. The first-order valence-corrected chi connectivity index (χ1v) is 6.13. The molecule has 2 nitrogen and oxygen atoms in total. The van der Waals surface area contributed by atoms with Gasteiger partial charge in [-0.2, -0.15) is 0 Å². The molecule has 0 saturated carbocycles. The van der Waals surface area contributed by atoms with Gasteiger partial charge in [-0.1, -0.05) is 0 Å². The van der Waals surface area contributed by atoms with Crippen LogP contribution in [0.2, 0.25) is 0 Å². The van der Waals surface area contributed by atoms with E-state index in [0.29, 0.717) is 0 Å². The minimum Gasteiger partial charge on any atom is -0.289 e. The van der Waals surface area contributed by atoms with Crippen LogP contribution in [-0.2, 0) is 0 Å². The molecule has 0 saturated heterocycles. The van der Waals surface area contributed by atoms with Crippen LogP contribution in [0.3, 0.4) is 0 Å². The molecule has 16 heavy (non-hydrogen) atoms. The normalized spacial score (nSPS) is 11.1. The second kappa shape index (κ2) is 3.67. The second-order valence-electron chi connectivity index (χ2n) is 4.24. The SMILES string of the molecule is Cc1nc2sc(C)c(C)c(=O)c2c(C)c1C. The van der Waals surface area contributed by atoms with Gasteiger partial charge in [-0.3, -0.25) is 4.79 Å². The minimum atomic E-state index is 0.138. The summed E-state index contributed by atoms with van der Waals surface area (Å²) >= 11 is 1.61. The zero-order valence-electron chi connectivity index (χ0n) is 10.3. The van der Waals surface area contributed by atoms with Gasteiger partial charge in [0.2, 0.25) is 0 Å². The molecule has 0 atom stereocenters. The molecule has 2 rings (SSSR count). The van der Waals surface area contributed by atoms with E-state index in [-0.39, 0.29) is 5.43 Å². The molecule has 0 bridgehead atoms. The summed E-state index contributed by atoms with van der Waals surface area (Å²) in [5.74, 6) is 0. The minimum absolute atomic E-state index is 0.138. The summed E-state index contributed by atoms with van der Waals surface area (Å²) in [4.78, 5) is 18.6. The number of aryl methyl sites for hydroxylation is 3. The summed E-state index contributed by atoms with van der Waals surface area (Å²) in [6, 6.07) is 0. The van der Waals surface area contributed by atoms with Crippen LogP contribution in [0, 0.1) is 34.6 Å². The Bertz CT molecular complexity index is 635. The zero-order chi connectivity index (χ0) is 12.0. The van der Waals surface area contributed by atoms with Crippen molar-refractivity contribution in [3.63, 3.8) is 0 Å². The Balaban J connectivity index is 3.10. The van der Waals surface area contributed by atoms with Crippen molar-refractivity contribution in [1.82, 2.24) is 4.98 Å². The maximum atomic E-state index is 12.2. The number of hydrogen-bond acceptors (Lipinski definition) is 3. The fourth-order valence-corrected chi connectivity index (χ4v) is 2.89. The second-order valence-corrected chi connectivity index (χ2v) is 5.44. The first kappa shape index (κ1) is 11.3. The highest BCUT2D eigenvalue weighted by molar-refractivity contribution is 7.18. The van der Waals surface area contributed by atoms with E-state index in [1.54, 1.807) is 11.3 Å². The third-order valence-corrected chi connectivity index (χ3v) is 4.41. The number of hydrogen-bond donors (Lipinski definition) is 0. The van der Waals surface area contributed by atoms with Gasteiger partial charge in [0.1, 0.15) is 4.83 Å².